The van der Waals surface area contributed by atoms with Gasteiger partial charge in [0.25, 0.3) is 0 Å². The highest BCUT2D eigenvalue weighted by Crippen LogP contribution is 2.43. The number of carboxylic acids is 1. The van der Waals surface area contributed by atoms with Gasteiger partial charge in [0.05, 0.1) is 6.42 Å². The number of anilines is 1. The first-order chi connectivity index (χ1) is 7.50. The third-order valence-corrected chi connectivity index (χ3v) is 3.40. The molecule has 86 valence electrons. The van der Waals surface area contributed by atoms with Gasteiger partial charge in [0.15, 0.2) is 0 Å². The van der Waals surface area contributed by atoms with Crippen molar-refractivity contribution in [2.75, 3.05) is 18.5 Å². The third-order valence-electron chi connectivity index (χ3n) is 3.07. The van der Waals surface area contributed by atoms with Gasteiger partial charge < -0.3 is 10.0 Å². The minimum absolute atomic E-state index is 0.00454. The van der Waals surface area contributed by atoms with Gasteiger partial charge in [0.2, 0.25) is 0 Å². The minimum atomic E-state index is -0.774. The van der Waals surface area contributed by atoms with Crippen LogP contribution in [0.4, 0.5) is 5.69 Å². The van der Waals surface area contributed by atoms with Gasteiger partial charge >= 0.3 is 5.97 Å². The molecule has 1 aromatic carbocycles. The zero-order valence-electron chi connectivity index (χ0n) is 9.33. The first-order valence-electron chi connectivity index (χ1n) is 5.22. The third kappa shape index (κ3) is 1.76. The Morgan fingerprint density at radius 3 is 2.94 bits per heavy atom. The molecule has 2 rings (SSSR count). The number of benzene rings is 1. The number of likely N-dealkylation sites (N-methyl/N-ethyl adjacent to an activating group) is 1. The summed E-state index contributed by atoms with van der Waals surface area (Å²) in [6.45, 7) is 2.75. The zero-order chi connectivity index (χ0) is 11.9. The summed E-state index contributed by atoms with van der Waals surface area (Å²) in [6.07, 6.45) is 0.139. The molecule has 16 heavy (non-hydrogen) atoms. The number of aliphatic carboxylic acids is 1. The average Bonchev–Trinajstić information content (AvgIpc) is 2.49. The number of halogens is 1. The smallest absolute Gasteiger partial charge is 0.304 e. The van der Waals surface area contributed by atoms with Crippen molar-refractivity contribution >= 4 is 23.3 Å². The quantitative estimate of drug-likeness (QED) is 0.863. The van der Waals surface area contributed by atoms with Crippen molar-refractivity contribution in [3.05, 3.63) is 28.3 Å². The molecule has 1 aromatic rings. The lowest BCUT2D eigenvalue weighted by Crippen LogP contribution is -2.17. The van der Waals surface area contributed by atoms with Crippen LogP contribution in [0, 0.1) is 6.92 Å². The Labute approximate surface area is 99.6 Å². The van der Waals surface area contributed by atoms with Gasteiger partial charge in [-0.1, -0.05) is 17.7 Å². The van der Waals surface area contributed by atoms with Crippen LogP contribution < -0.4 is 4.90 Å². The summed E-state index contributed by atoms with van der Waals surface area (Å²) in [7, 11) is 1.98. The summed E-state index contributed by atoms with van der Waals surface area (Å²) in [5, 5.41) is 9.56. The highest BCUT2D eigenvalue weighted by atomic mass is 35.5. The van der Waals surface area contributed by atoms with Gasteiger partial charge in [-0.05, 0) is 24.1 Å². The van der Waals surface area contributed by atoms with Crippen molar-refractivity contribution in [1.29, 1.82) is 0 Å². The van der Waals surface area contributed by atoms with E-state index in [1.807, 2.05) is 26.1 Å². The summed E-state index contributed by atoms with van der Waals surface area (Å²) in [5.41, 5.74) is 3.24. The van der Waals surface area contributed by atoms with E-state index in [-0.39, 0.29) is 12.3 Å². The van der Waals surface area contributed by atoms with Crippen molar-refractivity contribution in [3.8, 4) is 0 Å². The fourth-order valence-electron chi connectivity index (χ4n) is 2.48. The summed E-state index contributed by atoms with van der Waals surface area (Å²) in [5.74, 6) is -0.770. The van der Waals surface area contributed by atoms with E-state index < -0.39 is 5.97 Å². The van der Waals surface area contributed by atoms with Gasteiger partial charge in [-0.3, -0.25) is 4.79 Å². The van der Waals surface area contributed by atoms with Crippen LogP contribution in [0.2, 0.25) is 5.02 Å². The zero-order valence-corrected chi connectivity index (χ0v) is 10.1. The van der Waals surface area contributed by atoms with Crippen LogP contribution in [0.3, 0.4) is 0 Å². The average molecular weight is 240 g/mol. The van der Waals surface area contributed by atoms with Crippen LogP contribution in [0.15, 0.2) is 12.1 Å². The summed E-state index contributed by atoms with van der Waals surface area (Å²) < 4.78 is 0. The Morgan fingerprint density at radius 1 is 1.62 bits per heavy atom. The number of hydrogen-bond acceptors (Lipinski definition) is 2. The van der Waals surface area contributed by atoms with Gasteiger partial charge in [-0.15, -0.1) is 0 Å². The molecule has 1 aliphatic heterocycles. The van der Waals surface area contributed by atoms with E-state index in [9.17, 15) is 4.79 Å². The first kappa shape index (κ1) is 11.3. The molecule has 0 aliphatic carbocycles. The molecule has 1 unspecified atom stereocenters. The van der Waals surface area contributed by atoms with Gasteiger partial charge in [-0.2, -0.15) is 0 Å². The highest BCUT2D eigenvalue weighted by molar-refractivity contribution is 6.32. The highest BCUT2D eigenvalue weighted by Gasteiger charge is 2.31. The molecular formula is C12H14ClNO2. The number of carbonyl (C=O) groups is 1. The molecule has 4 heteroatoms. The monoisotopic (exact) mass is 239 g/mol. The number of carboxylic acid groups (broad SMARTS) is 1. The molecule has 0 amide bonds. The van der Waals surface area contributed by atoms with E-state index >= 15 is 0 Å². The fraction of sp³-hybridized carbons (Fsp3) is 0.417. The largest absolute Gasteiger partial charge is 0.481 e. The van der Waals surface area contributed by atoms with Crippen LogP contribution in [0.25, 0.3) is 0 Å². The topological polar surface area (TPSA) is 40.5 Å². The van der Waals surface area contributed by atoms with Crippen LogP contribution in [-0.2, 0) is 4.79 Å². The Morgan fingerprint density at radius 2 is 2.31 bits per heavy atom. The van der Waals surface area contributed by atoms with E-state index in [1.54, 1.807) is 0 Å². The molecule has 1 atom stereocenters. The summed E-state index contributed by atoms with van der Waals surface area (Å²) in [4.78, 5) is 12.9. The molecule has 1 aliphatic rings. The predicted octanol–water partition coefficient (Wildman–Crippen LogP) is 2.66. The van der Waals surface area contributed by atoms with Gasteiger partial charge in [0, 0.05) is 30.2 Å². The number of nitrogens with zero attached hydrogens (tertiary/aromatic N) is 1. The number of aryl methyl sites for hydroxylation is 1. The predicted molar refractivity (Wildman–Crippen MR) is 64.5 cm³/mol. The van der Waals surface area contributed by atoms with Crippen molar-refractivity contribution < 1.29 is 9.90 Å². The molecule has 3 nitrogen and oxygen atoms in total. The summed E-state index contributed by atoms with van der Waals surface area (Å²) in [6, 6.07) is 3.82. The second-order valence-electron chi connectivity index (χ2n) is 4.30. The number of rotatable bonds is 2. The fourth-order valence-corrected chi connectivity index (χ4v) is 2.78. The Balaban J connectivity index is 2.48. The molecule has 0 fully saturated rings. The summed E-state index contributed by atoms with van der Waals surface area (Å²) >= 11 is 6.17. The molecule has 0 bridgehead atoms. The van der Waals surface area contributed by atoms with Crippen molar-refractivity contribution in [3.63, 3.8) is 0 Å². The van der Waals surface area contributed by atoms with Crippen LogP contribution >= 0.6 is 11.6 Å². The Kier molecular flexibility index (Phi) is 2.80. The Hall–Kier alpha value is -1.22. The molecule has 1 heterocycles. The molecule has 0 saturated heterocycles. The van der Waals surface area contributed by atoms with E-state index in [0.717, 1.165) is 23.4 Å². The Bertz CT molecular complexity index is 445. The maximum absolute atomic E-state index is 10.8. The SMILES string of the molecule is Cc1ccc(Cl)c2c1N(C)CC2CC(=O)O. The first-order valence-corrected chi connectivity index (χ1v) is 5.60. The second-order valence-corrected chi connectivity index (χ2v) is 4.71. The van der Waals surface area contributed by atoms with E-state index in [0.29, 0.717) is 5.02 Å². The van der Waals surface area contributed by atoms with Crippen molar-refractivity contribution in [2.45, 2.75) is 19.3 Å². The van der Waals surface area contributed by atoms with Crippen LogP contribution in [0.5, 0.6) is 0 Å². The van der Waals surface area contributed by atoms with Crippen molar-refractivity contribution in [1.82, 2.24) is 0 Å². The molecule has 1 N–H and O–H groups in total. The standard InChI is InChI=1S/C12H14ClNO2/c1-7-3-4-9(13)11-8(5-10(15)16)6-14(2)12(7)11/h3-4,8H,5-6H2,1-2H3,(H,15,16). The molecule has 0 radical (unpaired) electrons. The normalized spacial score (nSPS) is 18.7. The van der Waals surface area contributed by atoms with Gasteiger partial charge in [-0.25, -0.2) is 0 Å². The van der Waals surface area contributed by atoms with E-state index in [1.165, 1.54) is 0 Å². The second kappa shape index (κ2) is 3.98. The lowest BCUT2D eigenvalue weighted by atomic mass is 9.96. The van der Waals surface area contributed by atoms with E-state index in [2.05, 4.69) is 4.90 Å². The van der Waals surface area contributed by atoms with Crippen LogP contribution in [-0.4, -0.2) is 24.7 Å². The molecule has 0 aromatic heterocycles. The molecular weight excluding hydrogens is 226 g/mol. The number of hydrogen-bond donors (Lipinski definition) is 1. The molecule has 0 spiro atoms. The van der Waals surface area contributed by atoms with Gasteiger partial charge in [0.1, 0.15) is 0 Å². The van der Waals surface area contributed by atoms with Crippen LogP contribution in [0.1, 0.15) is 23.5 Å². The maximum atomic E-state index is 10.8. The number of fused-ring (bicyclic) bond motifs is 1. The van der Waals surface area contributed by atoms with E-state index in [4.69, 9.17) is 16.7 Å². The minimum Gasteiger partial charge on any atom is -0.481 e. The van der Waals surface area contributed by atoms with Crippen molar-refractivity contribution in [2.24, 2.45) is 0 Å². The molecule has 0 saturated carbocycles. The lowest BCUT2D eigenvalue weighted by Gasteiger charge is -2.14. The maximum Gasteiger partial charge on any atom is 0.304 e. The lowest BCUT2D eigenvalue weighted by molar-refractivity contribution is -0.137.